The Bertz CT molecular complexity index is 1020. The Balaban J connectivity index is 1.41. The van der Waals surface area contributed by atoms with Crippen LogP contribution in [-0.2, 0) is 9.53 Å². The lowest BCUT2D eigenvalue weighted by molar-refractivity contribution is -0.173. The third-order valence-electron chi connectivity index (χ3n) is 12.3. The fraction of sp³-hybridized carbons (Fsp3) is 0.833. The molecule has 1 heterocycles. The van der Waals surface area contributed by atoms with Crippen molar-refractivity contribution in [2.75, 3.05) is 0 Å². The number of carbonyl (C=O) groups is 1. The van der Waals surface area contributed by atoms with E-state index in [9.17, 15) is 25.2 Å². The van der Waals surface area contributed by atoms with Gasteiger partial charge in [-0.2, -0.15) is 0 Å². The minimum absolute atomic E-state index is 0.0267. The molecule has 0 amide bonds. The maximum absolute atomic E-state index is 13.5. The summed E-state index contributed by atoms with van der Waals surface area (Å²) < 4.78 is 6.19. The topological polar surface area (TPSA) is 111 Å². The second-order valence-electron chi connectivity index (χ2n) is 14.0. The van der Waals surface area contributed by atoms with Crippen LogP contribution in [0.1, 0.15) is 73.1 Å². The van der Waals surface area contributed by atoms with Crippen LogP contribution < -0.4 is 0 Å². The van der Waals surface area contributed by atoms with E-state index < -0.39 is 34.2 Å². The summed E-state index contributed by atoms with van der Waals surface area (Å²) in [5, 5.41) is 45.9. The highest BCUT2D eigenvalue weighted by atomic mass is 16.6. The molecule has 6 aliphatic rings. The SMILES string of the molecule is CC(C)[C@@H](C)[C@@H]1O[C@H]1[C@@]1(O)CC=C[C@@H]2C[C@H]3C(=CC(=O)[C@@H]4C[C@@H](O)[C@@H](O)C[C@@]43C)[C@]3(O)CC[C@H]1[C@@]23C. The van der Waals surface area contributed by atoms with Crippen LogP contribution >= 0.6 is 0 Å². The van der Waals surface area contributed by atoms with Crippen LogP contribution in [0.4, 0.5) is 0 Å². The van der Waals surface area contributed by atoms with Crippen LogP contribution in [0.25, 0.3) is 0 Å². The first kappa shape index (κ1) is 25.2. The van der Waals surface area contributed by atoms with Crippen molar-refractivity contribution < 1.29 is 30.0 Å². The Morgan fingerprint density at radius 1 is 1.06 bits per heavy atom. The molecule has 4 N–H and O–H groups in total. The van der Waals surface area contributed by atoms with Crippen molar-refractivity contribution in [3.05, 3.63) is 23.8 Å². The normalized spacial score (nSPS) is 56.4. The number of ether oxygens (including phenoxy) is 1. The minimum atomic E-state index is -1.20. The average Bonchev–Trinajstić information content (AvgIpc) is 3.56. The van der Waals surface area contributed by atoms with Crippen LogP contribution in [0.5, 0.6) is 0 Å². The number of ketones is 1. The van der Waals surface area contributed by atoms with E-state index in [1.54, 1.807) is 6.08 Å². The number of fused-ring (bicyclic) bond motifs is 4. The molecule has 13 atom stereocenters. The van der Waals surface area contributed by atoms with Crippen molar-refractivity contribution in [2.24, 2.45) is 46.3 Å². The molecular weight excluding hydrogens is 456 g/mol. The quantitative estimate of drug-likeness (QED) is 0.350. The monoisotopic (exact) mass is 500 g/mol. The summed E-state index contributed by atoms with van der Waals surface area (Å²) in [4.78, 5) is 13.5. The predicted octanol–water partition coefficient (Wildman–Crippen LogP) is 3.17. The molecule has 0 bridgehead atoms. The number of hydrogen-bond donors (Lipinski definition) is 4. The van der Waals surface area contributed by atoms with Crippen molar-refractivity contribution in [3.63, 3.8) is 0 Å². The maximum Gasteiger partial charge on any atom is 0.159 e. The van der Waals surface area contributed by atoms with Gasteiger partial charge in [0.1, 0.15) is 11.7 Å². The molecule has 5 aliphatic carbocycles. The van der Waals surface area contributed by atoms with Gasteiger partial charge < -0.3 is 25.2 Å². The third kappa shape index (κ3) is 3.00. The molecule has 0 aromatic heterocycles. The Hall–Kier alpha value is -1.05. The van der Waals surface area contributed by atoms with Gasteiger partial charge in [0, 0.05) is 11.3 Å². The van der Waals surface area contributed by atoms with Crippen LogP contribution in [0, 0.1) is 46.3 Å². The molecular formula is C30H44O6. The molecule has 36 heavy (non-hydrogen) atoms. The molecule has 1 aliphatic heterocycles. The van der Waals surface area contributed by atoms with E-state index >= 15 is 0 Å². The molecule has 6 heteroatoms. The molecule has 200 valence electrons. The Labute approximate surface area is 214 Å². The highest BCUT2D eigenvalue weighted by Gasteiger charge is 2.74. The second kappa shape index (κ2) is 7.75. The van der Waals surface area contributed by atoms with Crippen LogP contribution in [0.3, 0.4) is 0 Å². The molecule has 0 radical (unpaired) electrons. The van der Waals surface area contributed by atoms with Gasteiger partial charge in [-0.1, -0.05) is 46.8 Å². The van der Waals surface area contributed by atoms with Crippen molar-refractivity contribution in [1.29, 1.82) is 0 Å². The highest BCUT2D eigenvalue weighted by Crippen LogP contribution is 2.72. The fourth-order valence-corrected chi connectivity index (χ4v) is 9.70. The van der Waals surface area contributed by atoms with E-state index in [2.05, 4.69) is 46.8 Å². The maximum atomic E-state index is 13.5. The lowest BCUT2D eigenvalue weighted by atomic mass is 9.43. The Morgan fingerprint density at radius 3 is 2.47 bits per heavy atom. The molecule has 3 saturated carbocycles. The van der Waals surface area contributed by atoms with Gasteiger partial charge in [0.05, 0.1) is 23.9 Å². The summed E-state index contributed by atoms with van der Waals surface area (Å²) in [6, 6.07) is 0. The number of allylic oxidation sites excluding steroid dienone is 2. The summed E-state index contributed by atoms with van der Waals surface area (Å²) in [6.07, 6.45) is 7.16. The third-order valence-corrected chi connectivity index (χ3v) is 12.3. The molecule has 0 aromatic rings. The summed E-state index contributed by atoms with van der Waals surface area (Å²) >= 11 is 0. The zero-order chi connectivity index (χ0) is 26.0. The number of carbonyl (C=O) groups excluding carboxylic acids is 1. The smallest absolute Gasteiger partial charge is 0.159 e. The van der Waals surface area contributed by atoms with Gasteiger partial charge >= 0.3 is 0 Å². The van der Waals surface area contributed by atoms with Crippen molar-refractivity contribution in [3.8, 4) is 0 Å². The number of aliphatic hydroxyl groups is 4. The predicted molar refractivity (Wildman–Crippen MR) is 135 cm³/mol. The summed E-state index contributed by atoms with van der Waals surface area (Å²) in [5.41, 5.74) is -2.58. The number of hydrogen-bond acceptors (Lipinski definition) is 6. The number of rotatable bonds is 3. The van der Waals surface area contributed by atoms with Gasteiger partial charge in [0.15, 0.2) is 5.78 Å². The van der Waals surface area contributed by atoms with Crippen LogP contribution in [-0.4, -0.2) is 61.8 Å². The van der Waals surface area contributed by atoms with Gasteiger partial charge in [0.25, 0.3) is 0 Å². The molecule has 6 rings (SSSR count). The molecule has 0 spiro atoms. The summed E-state index contributed by atoms with van der Waals surface area (Å²) in [7, 11) is 0. The van der Waals surface area contributed by atoms with E-state index in [0.717, 1.165) is 12.0 Å². The molecule has 1 saturated heterocycles. The van der Waals surface area contributed by atoms with Gasteiger partial charge in [-0.3, -0.25) is 4.79 Å². The average molecular weight is 501 g/mol. The first-order valence-corrected chi connectivity index (χ1v) is 14.2. The molecule has 4 fully saturated rings. The standard InChI is InChI=1S/C30H44O6/c1-15(2)16(3)25-26(36-25)29(34)9-6-7-17-11-18-19(30(35)10-8-24(29)28(17,30)5)12-21(31)20-13-22(32)23(33)14-27(18,20)4/h6-7,12,15-18,20,22-26,32-35H,8-11,13-14H2,1-5H3/t16-,17-,18+,20+,22-,23+,24+,25+,26-,27-,28-,29-,30-/m1/s1. The van der Waals surface area contributed by atoms with E-state index in [4.69, 9.17) is 4.74 Å². The van der Waals surface area contributed by atoms with Gasteiger partial charge in [0.2, 0.25) is 0 Å². The summed E-state index contributed by atoms with van der Waals surface area (Å²) in [5.74, 6) is 0.260. The van der Waals surface area contributed by atoms with Gasteiger partial charge in [-0.25, -0.2) is 0 Å². The number of epoxide rings is 1. The molecule has 0 aromatic carbocycles. The zero-order valence-corrected chi connectivity index (χ0v) is 22.4. The second-order valence-corrected chi connectivity index (χ2v) is 14.0. The van der Waals surface area contributed by atoms with E-state index in [1.165, 1.54) is 0 Å². The number of aliphatic hydroxyl groups excluding tert-OH is 2. The molecule has 0 unspecified atom stereocenters. The fourth-order valence-electron chi connectivity index (χ4n) is 9.70. The zero-order valence-electron chi connectivity index (χ0n) is 22.4. The highest BCUT2D eigenvalue weighted by molar-refractivity contribution is 5.95. The van der Waals surface area contributed by atoms with E-state index in [1.807, 2.05) is 0 Å². The Kier molecular flexibility index (Phi) is 5.44. The van der Waals surface area contributed by atoms with E-state index in [-0.39, 0.29) is 48.1 Å². The van der Waals surface area contributed by atoms with Crippen molar-refractivity contribution in [2.45, 2.75) is 109 Å². The van der Waals surface area contributed by atoms with E-state index in [0.29, 0.717) is 37.5 Å². The van der Waals surface area contributed by atoms with Gasteiger partial charge in [-0.05, 0) is 85.2 Å². The first-order chi connectivity index (χ1) is 16.8. The van der Waals surface area contributed by atoms with Gasteiger partial charge in [-0.15, -0.1) is 0 Å². The van der Waals surface area contributed by atoms with Crippen LogP contribution in [0.15, 0.2) is 23.8 Å². The summed E-state index contributed by atoms with van der Waals surface area (Å²) in [6.45, 7) is 10.8. The molecule has 6 nitrogen and oxygen atoms in total. The van der Waals surface area contributed by atoms with Crippen molar-refractivity contribution >= 4 is 5.78 Å². The Morgan fingerprint density at radius 2 is 1.78 bits per heavy atom. The lowest BCUT2D eigenvalue weighted by Gasteiger charge is -2.62. The van der Waals surface area contributed by atoms with Crippen LogP contribution in [0.2, 0.25) is 0 Å². The minimum Gasteiger partial charge on any atom is -0.390 e. The first-order valence-electron chi connectivity index (χ1n) is 14.2. The largest absolute Gasteiger partial charge is 0.390 e. The van der Waals surface area contributed by atoms with Crippen molar-refractivity contribution in [1.82, 2.24) is 0 Å². The lowest BCUT2D eigenvalue weighted by Crippen LogP contribution is -2.64.